The average Bonchev–Trinajstić information content (AvgIpc) is 3.51. The largest absolute Gasteiger partial charge is 0.403 e. The highest BCUT2D eigenvalue weighted by atomic mass is 19.1. The molecule has 1 aromatic carbocycles. The van der Waals surface area contributed by atoms with Crippen LogP contribution < -0.4 is 4.90 Å². The van der Waals surface area contributed by atoms with E-state index < -0.39 is 17.7 Å². The highest BCUT2D eigenvalue weighted by Gasteiger charge is 2.36. The van der Waals surface area contributed by atoms with E-state index >= 15 is 0 Å². The summed E-state index contributed by atoms with van der Waals surface area (Å²) in [4.78, 5) is 9.53. The number of anilines is 1. The summed E-state index contributed by atoms with van der Waals surface area (Å²) >= 11 is 0. The van der Waals surface area contributed by atoms with Crippen molar-refractivity contribution in [1.29, 1.82) is 0 Å². The van der Waals surface area contributed by atoms with Gasteiger partial charge < -0.3 is 14.3 Å². The van der Waals surface area contributed by atoms with Crippen molar-refractivity contribution < 1.29 is 13.2 Å². The molecule has 0 saturated carbocycles. The molecule has 4 aromatic heterocycles. The van der Waals surface area contributed by atoms with E-state index in [9.17, 15) is 8.78 Å². The van der Waals surface area contributed by atoms with Crippen molar-refractivity contribution in [3.05, 3.63) is 83.7 Å². The average molecular weight is 419 g/mol. The Hall–Kier alpha value is -4.08. The first-order valence-electron chi connectivity index (χ1n) is 9.70. The van der Waals surface area contributed by atoms with E-state index in [4.69, 9.17) is 9.52 Å². The molecule has 8 nitrogen and oxygen atoms in total. The van der Waals surface area contributed by atoms with Gasteiger partial charge >= 0.3 is 6.01 Å². The van der Waals surface area contributed by atoms with E-state index in [1.165, 1.54) is 6.07 Å². The predicted molar refractivity (Wildman–Crippen MR) is 106 cm³/mol. The molecule has 154 valence electrons. The number of imidazole rings is 1. The lowest BCUT2D eigenvalue weighted by atomic mass is 10.0. The molecule has 5 heterocycles. The van der Waals surface area contributed by atoms with Crippen LogP contribution in [0.1, 0.15) is 23.1 Å². The lowest BCUT2D eigenvalue weighted by Crippen LogP contribution is -2.36. The minimum Gasteiger partial charge on any atom is -0.403 e. The summed E-state index contributed by atoms with van der Waals surface area (Å²) in [5.74, 6) is -1.74. The van der Waals surface area contributed by atoms with Gasteiger partial charge in [-0.1, -0.05) is 17.2 Å². The zero-order chi connectivity index (χ0) is 20.9. The molecule has 1 aliphatic rings. The fraction of sp³-hybridized carbons (Fsp3) is 0.143. The van der Waals surface area contributed by atoms with Gasteiger partial charge in [0, 0.05) is 24.9 Å². The topological polar surface area (TPSA) is 88.1 Å². The number of rotatable bonds is 3. The van der Waals surface area contributed by atoms with Crippen LogP contribution in [0.4, 0.5) is 14.8 Å². The standard InChI is InChI=1S/C21H15F2N7O/c22-13-5-3-6-14(23)17(13)20-26-27-21(31-20)29-9-7-15-18(25-11-24-15)19(29)16-10-12-4-1-2-8-30(12)28-16/h1-6,8,10-11,19H,7,9H2,(H,24,25)/t19-/m1/s1. The van der Waals surface area contributed by atoms with Gasteiger partial charge in [0.2, 0.25) is 0 Å². The molecule has 10 heteroatoms. The van der Waals surface area contributed by atoms with Crippen molar-refractivity contribution in [2.24, 2.45) is 0 Å². The summed E-state index contributed by atoms with van der Waals surface area (Å²) in [6.07, 6.45) is 4.18. The maximum absolute atomic E-state index is 14.2. The van der Waals surface area contributed by atoms with E-state index in [0.717, 1.165) is 34.7 Å². The number of aromatic nitrogens is 6. The number of benzene rings is 1. The normalized spacial score (nSPS) is 16.1. The SMILES string of the molecule is Fc1cccc(F)c1-c1nnc(N2CCc3[nH]cnc3[C@H]2c2cc3ccccn3n2)o1. The van der Waals surface area contributed by atoms with Gasteiger partial charge in [-0.3, -0.25) is 0 Å². The first kappa shape index (κ1) is 17.8. The summed E-state index contributed by atoms with van der Waals surface area (Å²) in [6, 6.07) is 11.1. The zero-order valence-corrected chi connectivity index (χ0v) is 16.0. The van der Waals surface area contributed by atoms with E-state index in [2.05, 4.69) is 20.2 Å². The first-order valence-corrected chi connectivity index (χ1v) is 9.70. The van der Waals surface area contributed by atoms with Gasteiger partial charge in [-0.15, -0.1) is 5.10 Å². The highest BCUT2D eigenvalue weighted by Crippen LogP contribution is 2.37. The van der Waals surface area contributed by atoms with Crippen LogP contribution in [0.2, 0.25) is 0 Å². The number of hydrogen-bond donors (Lipinski definition) is 1. The van der Waals surface area contributed by atoms with Gasteiger partial charge in [0.1, 0.15) is 23.2 Å². The first-order chi connectivity index (χ1) is 15.2. The van der Waals surface area contributed by atoms with Crippen LogP contribution in [-0.4, -0.2) is 36.3 Å². The molecule has 6 rings (SSSR count). The van der Waals surface area contributed by atoms with Crippen LogP contribution in [-0.2, 0) is 6.42 Å². The Bertz CT molecular complexity index is 1350. The summed E-state index contributed by atoms with van der Waals surface area (Å²) in [6.45, 7) is 0.537. The Labute approximate surface area is 174 Å². The molecular weight excluding hydrogens is 404 g/mol. The summed E-state index contributed by atoms with van der Waals surface area (Å²) < 4.78 is 35.9. The van der Waals surface area contributed by atoms with Crippen LogP contribution >= 0.6 is 0 Å². The third-order valence-corrected chi connectivity index (χ3v) is 5.43. The van der Waals surface area contributed by atoms with Crippen molar-refractivity contribution in [3.63, 3.8) is 0 Å². The molecule has 0 unspecified atom stereocenters. The molecule has 0 saturated heterocycles. The van der Waals surface area contributed by atoms with Crippen LogP contribution in [0.5, 0.6) is 0 Å². The third kappa shape index (κ3) is 2.79. The summed E-state index contributed by atoms with van der Waals surface area (Å²) in [5.41, 5.74) is 3.13. The van der Waals surface area contributed by atoms with Crippen molar-refractivity contribution in [1.82, 2.24) is 29.8 Å². The van der Waals surface area contributed by atoms with E-state index in [0.29, 0.717) is 13.0 Å². The molecule has 0 amide bonds. The van der Waals surface area contributed by atoms with Crippen LogP contribution in [0.3, 0.4) is 0 Å². The Balaban J connectivity index is 1.46. The Morgan fingerprint density at radius 3 is 2.77 bits per heavy atom. The quantitative estimate of drug-likeness (QED) is 0.481. The van der Waals surface area contributed by atoms with Gasteiger partial charge in [0.15, 0.2) is 0 Å². The number of hydrogen-bond acceptors (Lipinski definition) is 6. The van der Waals surface area contributed by atoms with Crippen LogP contribution in [0.15, 0.2) is 59.4 Å². The monoisotopic (exact) mass is 419 g/mol. The van der Waals surface area contributed by atoms with Crippen molar-refractivity contribution >= 4 is 11.5 Å². The molecule has 0 spiro atoms. The van der Waals surface area contributed by atoms with Crippen LogP contribution in [0.25, 0.3) is 17.0 Å². The number of fused-ring (bicyclic) bond motifs is 2. The van der Waals surface area contributed by atoms with Gasteiger partial charge in [-0.25, -0.2) is 18.3 Å². The minimum absolute atomic E-state index is 0.147. The lowest BCUT2D eigenvalue weighted by molar-refractivity contribution is 0.496. The van der Waals surface area contributed by atoms with Gasteiger partial charge in [0.25, 0.3) is 5.89 Å². The zero-order valence-electron chi connectivity index (χ0n) is 16.0. The second kappa shape index (κ2) is 6.73. The number of nitrogens with zero attached hydrogens (tertiary/aromatic N) is 6. The highest BCUT2D eigenvalue weighted by molar-refractivity contribution is 5.57. The minimum atomic E-state index is -0.764. The van der Waals surface area contributed by atoms with Crippen molar-refractivity contribution in [3.8, 4) is 11.5 Å². The second-order valence-electron chi connectivity index (χ2n) is 7.24. The number of aromatic amines is 1. The van der Waals surface area contributed by atoms with Gasteiger partial charge in [-0.05, 0) is 30.3 Å². The van der Waals surface area contributed by atoms with Crippen LogP contribution in [0, 0.1) is 11.6 Å². The number of nitrogens with one attached hydrogen (secondary N) is 1. The van der Waals surface area contributed by atoms with Gasteiger partial charge in [0.05, 0.1) is 23.2 Å². The second-order valence-corrected chi connectivity index (χ2v) is 7.24. The Morgan fingerprint density at radius 1 is 1.06 bits per heavy atom. The molecule has 0 aliphatic carbocycles. The molecule has 0 bridgehead atoms. The van der Waals surface area contributed by atoms with Gasteiger partial charge in [-0.2, -0.15) is 5.10 Å². The fourth-order valence-corrected chi connectivity index (χ4v) is 4.01. The molecule has 31 heavy (non-hydrogen) atoms. The number of pyridine rings is 1. The predicted octanol–water partition coefficient (Wildman–Crippen LogP) is 3.54. The Kier molecular flexibility index (Phi) is 3.85. The summed E-state index contributed by atoms with van der Waals surface area (Å²) in [7, 11) is 0. The third-order valence-electron chi connectivity index (χ3n) is 5.43. The molecule has 5 aromatic rings. The maximum atomic E-state index is 14.2. The molecular formula is C21H15F2N7O. The lowest BCUT2D eigenvalue weighted by Gasteiger charge is -2.32. The fourth-order valence-electron chi connectivity index (χ4n) is 4.01. The summed E-state index contributed by atoms with van der Waals surface area (Å²) in [5, 5.41) is 12.7. The molecule has 1 atom stereocenters. The maximum Gasteiger partial charge on any atom is 0.319 e. The van der Waals surface area contributed by atoms with E-state index in [1.807, 2.05) is 35.4 Å². The smallest absolute Gasteiger partial charge is 0.319 e. The number of H-pyrrole nitrogens is 1. The van der Waals surface area contributed by atoms with Crippen molar-refractivity contribution in [2.75, 3.05) is 11.4 Å². The van der Waals surface area contributed by atoms with E-state index in [1.54, 1.807) is 10.8 Å². The van der Waals surface area contributed by atoms with E-state index in [-0.39, 0.29) is 17.5 Å². The molecule has 0 radical (unpaired) electrons. The molecule has 1 N–H and O–H groups in total. The van der Waals surface area contributed by atoms with Crippen molar-refractivity contribution in [2.45, 2.75) is 12.5 Å². The Morgan fingerprint density at radius 2 is 1.94 bits per heavy atom. The molecule has 0 fully saturated rings. The molecule has 1 aliphatic heterocycles. The number of halogens is 2.